The summed E-state index contributed by atoms with van der Waals surface area (Å²) < 4.78 is 24.5. The van der Waals surface area contributed by atoms with E-state index >= 15 is 0 Å². The molecule has 0 atom stereocenters. The Morgan fingerprint density at radius 3 is 2.71 bits per heavy atom. The van der Waals surface area contributed by atoms with Crippen LogP contribution in [0.4, 0.5) is 11.4 Å². The molecular formula is C9H12N2O2S. The highest BCUT2D eigenvalue weighted by molar-refractivity contribution is 7.93. The van der Waals surface area contributed by atoms with Gasteiger partial charge in [-0.3, -0.25) is 4.31 Å². The number of sulfonamides is 1. The zero-order chi connectivity index (χ0) is 10.2. The van der Waals surface area contributed by atoms with Gasteiger partial charge in [-0.15, -0.1) is 0 Å². The molecule has 1 saturated heterocycles. The molecule has 76 valence electrons. The number of nitrogen functional groups attached to an aromatic ring is 1. The maximum atomic E-state index is 11.6. The van der Waals surface area contributed by atoms with Crippen LogP contribution in [0.3, 0.4) is 0 Å². The zero-order valence-corrected chi connectivity index (χ0v) is 8.50. The molecule has 14 heavy (non-hydrogen) atoms. The van der Waals surface area contributed by atoms with E-state index in [1.165, 1.54) is 4.31 Å². The number of hydrogen-bond acceptors (Lipinski definition) is 3. The highest BCUT2D eigenvalue weighted by Crippen LogP contribution is 2.25. The van der Waals surface area contributed by atoms with E-state index in [0.717, 1.165) is 0 Å². The lowest BCUT2D eigenvalue weighted by Gasteiger charge is -2.16. The van der Waals surface area contributed by atoms with Gasteiger partial charge in [-0.2, -0.15) is 0 Å². The fourth-order valence-electron chi connectivity index (χ4n) is 1.61. The smallest absolute Gasteiger partial charge is 0.235 e. The number of nitrogens with zero attached hydrogens (tertiary/aromatic N) is 1. The van der Waals surface area contributed by atoms with Crippen molar-refractivity contribution < 1.29 is 8.42 Å². The molecule has 5 heteroatoms. The van der Waals surface area contributed by atoms with E-state index in [1.54, 1.807) is 24.3 Å². The first-order valence-electron chi connectivity index (χ1n) is 4.45. The van der Waals surface area contributed by atoms with Gasteiger partial charge in [0, 0.05) is 12.2 Å². The van der Waals surface area contributed by atoms with Crippen LogP contribution in [0.5, 0.6) is 0 Å². The molecule has 2 rings (SSSR count). The predicted octanol–water partition coefficient (Wildman–Crippen LogP) is 0.809. The average molecular weight is 212 g/mol. The van der Waals surface area contributed by atoms with Gasteiger partial charge in [0.1, 0.15) is 0 Å². The first kappa shape index (κ1) is 9.33. The molecule has 0 aliphatic carbocycles. The first-order chi connectivity index (χ1) is 6.59. The van der Waals surface area contributed by atoms with Crippen molar-refractivity contribution >= 4 is 21.4 Å². The lowest BCUT2D eigenvalue weighted by molar-refractivity contribution is 0.599. The summed E-state index contributed by atoms with van der Waals surface area (Å²) in [5, 5.41) is 0. The molecule has 1 aliphatic heterocycles. The van der Waals surface area contributed by atoms with Gasteiger partial charge in [-0.1, -0.05) is 6.07 Å². The summed E-state index contributed by atoms with van der Waals surface area (Å²) in [4.78, 5) is 0. The van der Waals surface area contributed by atoms with Crippen LogP contribution in [-0.4, -0.2) is 20.7 Å². The van der Waals surface area contributed by atoms with Crippen LogP contribution in [0.25, 0.3) is 0 Å². The predicted molar refractivity (Wildman–Crippen MR) is 56.6 cm³/mol. The Bertz CT molecular complexity index is 442. The van der Waals surface area contributed by atoms with E-state index in [4.69, 9.17) is 5.73 Å². The maximum Gasteiger partial charge on any atom is 0.235 e. The van der Waals surface area contributed by atoms with Crippen LogP contribution in [0.15, 0.2) is 24.3 Å². The standard InChI is InChI=1S/C9H12N2O2S/c10-8-3-1-4-9(7-8)11-5-2-6-14(11,12)13/h1,3-4,7H,2,5-6,10H2. The van der Waals surface area contributed by atoms with Crippen molar-refractivity contribution in [3.63, 3.8) is 0 Å². The largest absolute Gasteiger partial charge is 0.399 e. The number of anilines is 2. The highest BCUT2D eigenvalue weighted by atomic mass is 32.2. The van der Waals surface area contributed by atoms with Gasteiger partial charge < -0.3 is 5.73 Å². The molecule has 4 nitrogen and oxygen atoms in total. The van der Waals surface area contributed by atoms with E-state index < -0.39 is 10.0 Å². The normalized spacial score (nSPS) is 19.9. The van der Waals surface area contributed by atoms with Crippen molar-refractivity contribution in [3.05, 3.63) is 24.3 Å². The third-order valence-corrected chi connectivity index (χ3v) is 4.13. The monoisotopic (exact) mass is 212 g/mol. The quantitative estimate of drug-likeness (QED) is 0.701. The van der Waals surface area contributed by atoms with E-state index in [2.05, 4.69) is 0 Å². The molecule has 0 bridgehead atoms. The maximum absolute atomic E-state index is 11.6. The Hall–Kier alpha value is -1.23. The number of nitrogens with two attached hydrogens (primary N) is 1. The van der Waals surface area contributed by atoms with Crippen molar-refractivity contribution in [1.29, 1.82) is 0 Å². The summed E-state index contributed by atoms with van der Waals surface area (Å²) in [5.41, 5.74) is 6.85. The molecule has 0 spiro atoms. The van der Waals surface area contributed by atoms with E-state index in [-0.39, 0.29) is 5.75 Å². The molecule has 0 radical (unpaired) electrons. The minimum absolute atomic E-state index is 0.238. The summed E-state index contributed by atoms with van der Waals surface area (Å²) in [6.45, 7) is 0.561. The molecule has 1 aromatic rings. The van der Waals surface area contributed by atoms with E-state index in [1.807, 2.05) is 0 Å². The van der Waals surface area contributed by atoms with Crippen molar-refractivity contribution in [3.8, 4) is 0 Å². The molecule has 1 aromatic carbocycles. The fraction of sp³-hybridized carbons (Fsp3) is 0.333. The second kappa shape index (κ2) is 3.16. The zero-order valence-electron chi connectivity index (χ0n) is 7.68. The Morgan fingerprint density at radius 1 is 1.36 bits per heavy atom. The Labute approximate surface area is 83.4 Å². The second-order valence-electron chi connectivity index (χ2n) is 3.34. The number of rotatable bonds is 1. The number of hydrogen-bond donors (Lipinski definition) is 1. The van der Waals surface area contributed by atoms with Crippen LogP contribution < -0.4 is 10.0 Å². The minimum Gasteiger partial charge on any atom is -0.399 e. The minimum atomic E-state index is -3.08. The summed E-state index contributed by atoms with van der Waals surface area (Å²) in [5.74, 6) is 0.238. The van der Waals surface area contributed by atoms with Gasteiger partial charge in [0.2, 0.25) is 10.0 Å². The second-order valence-corrected chi connectivity index (χ2v) is 5.35. The van der Waals surface area contributed by atoms with Gasteiger partial charge in [-0.25, -0.2) is 8.42 Å². The Balaban J connectivity index is 2.41. The highest BCUT2D eigenvalue weighted by Gasteiger charge is 2.28. The first-order valence-corrected chi connectivity index (χ1v) is 6.06. The molecule has 1 fully saturated rings. The van der Waals surface area contributed by atoms with E-state index in [9.17, 15) is 8.42 Å². The summed E-state index contributed by atoms with van der Waals surface area (Å²) in [6.07, 6.45) is 0.692. The Kier molecular flexibility index (Phi) is 2.11. The molecular weight excluding hydrogens is 200 g/mol. The van der Waals surface area contributed by atoms with Crippen LogP contribution in [0.1, 0.15) is 6.42 Å². The third-order valence-electron chi connectivity index (χ3n) is 2.26. The van der Waals surface area contributed by atoms with Crippen LogP contribution >= 0.6 is 0 Å². The molecule has 0 saturated carbocycles. The van der Waals surface area contributed by atoms with Crippen molar-refractivity contribution in [2.75, 3.05) is 22.3 Å². The van der Waals surface area contributed by atoms with Crippen LogP contribution in [0.2, 0.25) is 0 Å². The van der Waals surface area contributed by atoms with Gasteiger partial charge in [0.15, 0.2) is 0 Å². The molecule has 0 aromatic heterocycles. The van der Waals surface area contributed by atoms with Gasteiger partial charge in [-0.05, 0) is 24.6 Å². The van der Waals surface area contributed by atoms with Crippen molar-refractivity contribution in [2.45, 2.75) is 6.42 Å². The third kappa shape index (κ3) is 1.55. The summed E-state index contributed by atoms with van der Waals surface area (Å²) >= 11 is 0. The molecule has 0 unspecified atom stereocenters. The van der Waals surface area contributed by atoms with Gasteiger partial charge in [0.25, 0.3) is 0 Å². The molecule has 2 N–H and O–H groups in total. The molecule has 0 amide bonds. The van der Waals surface area contributed by atoms with Crippen LogP contribution in [0, 0.1) is 0 Å². The average Bonchev–Trinajstić information content (AvgIpc) is 2.45. The SMILES string of the molecule is Nc1cccc(N2CCCS2(=O)=O)c1. The molecule has 1 heterocycles. The number of benzene rings is 1. The van der Waals surface area contributed by atoms with Crippen molar-refractivity contribution in [2.24, 2.45) is 0 Å². The summed E-state index contributed by atoms with van der Waals surface area (Å²) in [6, 6.07) is 6.95. The van der Waals surface area contributed by atoms with E-state index in [0.29, 0.717) is 24.3 Å². The lowest BCUT2D eigenvalue weighted by atomic mass is 10.3. The van der Waals surface area contributed by atoms with Gasteiger partial charge >= 0.3 is 0 Å². The van der Waals surface area contributed by atoms with Gasteiger partial charge in [0.05, 0.1) is 11.4 Å². The van der Waals surface area contributed by atoms with Crippen molar-refractivity contribution in [1.82, 2.24) is 0 Å². The lowest BCUT2D eigenvalue weighted by Crippen LogP contribution is -2.24. The fourth-order valence-corrected chi connectivity index (χ4v) is 3.17. The Morgan fingerprint density at radius 2 is 2.14 bits per heavy atom. The van der Waals surface area contributed by atoms with Crippen LogP contribution in [-0.2, 0) is 10.0 Å². The molecule has 1 aliphatic rings. The topological polar surface area (TPSA) is 63.4 Å². The summed E-state index contributed by atoms with van der Waals surface area (Å²) in [7, 11) is -3.08.